The Balaban J connectivity index is 1.27. The summed E-state index contributed by atoms with van der Waals surface area (Å²) < 4.78 is 18.0. The maximum absolute atomic E-state index is 6.54. The van der Waals surface area contributed by atoms with E-state index in [1.165, 1.54) is 25.7 Å². The summed E-state index contributed by atoms with van der Waals surface area (Å²) in [6.45, 7) is 17.5. The molecule has 0 aliphatic heterocycles. The van der Waals surface area contributed by atoms with E-state index in [1.54, 1.807) is 0 Å². The van der Waals surface area contributed by atoms with Crippen LogP contribution in [0.5, 0.6) is 0 Å². The Morgan fingerprint density at radius 2 is 1.57 bits per heavy atom. The molecule has 5 atom stereocenters. The first-order chi connectivity index (χ1) is 13.3. The molecule has 3 fully saturated rings. The van der Waals surface area contributed by atoms with Gasteiger partial charge < -0.3 is 19.1 Å². The molecule has 0 spiro atoms. The average Bonchev–Trinajstić information content (AvgIpc) is 2.55. The van der Waals surface area contributed by atoms with E-state index in [0.717, 1.165) is 50.0 Å². The van der Waals surface area contributed by atoms with E-state index in [0.29, 0.717) is 31.2 Å². The van der Waals surface area contributed by atoms with Crippen LogP contribution in [0.4, 0.5) is 0 Å². The second-order valence-corrected chi connectivity index (χ2v) is 10.8. The Labute approximate surface area is 173 Å². The molecular weight excluding hydrogens is 350 g/mol. The molecule has 0 aromatic carbocycles. The zero-order valence-electron chi connectivity index (χ0n) is 19.3. The molecule has 4 heteroatoms. The molecule has 3 aliphatic carbocycles. The largest absolute Gasteiger partial charge is 0.378 e. The van der Waals surface area contributed by atoms with Crippen molar-refractivity contribution in [3.8, 4) is 0 Å². The van der Waals surface area contributed by atoms with Gasteiger partial charge >= 0.3 is 0 Å². The summed E-state index contributed by atoms with van der Waals surface area (Å²) in [5.74, 6) is 4.05. The van der Waals surface area contributed by atoms with Crippen LogP contribution in [0.2, 0.25) is 0 Å². The monoisotopic (exact) mass is 395 g/mol. The topological polar surface area (TPSA) is 30.9 Å². The Morgan fingerprint density at radius 1 is 0.893 bits per heavy atom. The van der Waals surface area contributed by atoms with Crippen molar-refractivity contribution in [3.63, 3.8) is 0 Å². The summed E-state index contributed by atoms with van der Waals surface area (Å²) >= 11 is 0. The molecule has 0 saturated heterocycles. The quantitative estimate of drug-likeness (QED) is 0.430. The average molecular weight is 396 g/mol. The maximum atomic E-state index is 6.54. The smallest absolute Gasteiger partial charge is 0.0725 e. The molecule has 0 bridgehead atoms. The van der Waals surface area contributed by atoms with Crippen molar-refractivity contribution in [1.29, 1.82) is 0 Å². The van der Waals surface area contributed by atoms with Crippen molar-refractivity contribution < 1.29 is 14.2 Å². The lowest BCUT2D eigenvalue weighted by Gasteiger charge is -2.76. The summed E-state index contributed by atoms with van der Waals surface area (Å²) in [6.07, 6.45) is 5.42. The highest BCUT2D eigenvalue weighted by atomic mass is 16.6. The van der Waals surface area contributed by atoms with Gasteiger partial charge in [0, 0.05) is 13.1 Å². The lowest BCUT2D eigenvalue weighted by Crippen LogP contribution is -2.74. The van der Waals surface area contributed by atoms with Gasteiger partial charge in [-0.15, -0.1) is 0 Å². The SMILES string of the molecule is CC(C)CN(C)CCOCCOCCOC12CC(C)CC3(C(C)C)CC(C1)C23. The summed E-state index contributed by atoms with van der Waals surface area (Å²) in [7, 11) is 2.16. The normalized spacial score (nSPS) is 36.5. The van der Waals surface area contributed by atoms with Crippen LogP contribution in [0, 0.1) is 35.0 Å². The van der Waals surface area contributed by atoms with Gasteiger partial charge in [0.1, 0.15) is 0 Å². The van der Waals surface area contributed by atoms with E-state index in [1.807, 2.05) is 0 Å². The molecule has 3 saturated carbocycles. The first-order valence-corrected chi connectivity index (χ1v) is 11.8. The number of nitrogens with zero attached hydrogens (tertiary/aromatic N) is 1. The lowest BCUT2D eigenvalue weighted by molar-refractivity contribution is -0.328. The van der Waals surface area contributed by atoms with E-state index in [9.17, 15) is 0 Å². The second kappa shape index (κ2) is 9.32. The van der Waals surface area contributed by atoms with Crippen LogP contribution in [0.15, 0.2) is 0 Å². The summed E-state index contributed by atoms with van der Waals surface area (Å²) in [5, 5.41) is 0. The van der Waals surface area contributed by atoms with Crippen molar-refractivity contribution >= 4 is 0 Å². The molecule has 5 unspecified atom stereocenters. The number of likely N-dealkylation sites (N-methyl/N-ethyl adjacent to an activating group) is 1. The highest BCUT2D eigenvalue weighted by Gasteiger charge is 2.73. The maximum Gasteiger partial charge on any atom is 0.0725 e. The zero-order valence-corrected chi connectivity index (χ0v) is 19.3. The zero-order chi connectivity index (χ0) is 20.4. The van der Waals surface area contributed by atoms with Gasteiger partial charge in [0.2, 0.25) is 0 Å². The predicted molar refractivity (Wildman–Crippen MR) is 115 cm³/mol. The van der Waals surface area contributed by atoms with Crippen molar-refractivity contribution in [2.75, 3.05) is 53.2 Å². The first kappa shape index (κ1) is 22.5. The molecule has 0 amide bonds. The van der Waals surface area contributed by atoms with E-state index in [2.05, 4.69) is 46.6 Å². The van der Waals surface area contributed by atoms with Crippen molar-refractivity contribution in [2.24, 2.45) is 35.0 Å². The van der Waals surface area contributed by atoms with Gasteiger partial charge in [-0.25, -0.2) is 0 Å². The van der Waals surface area contributed by atoms with Gasteiger partial charge in [0.25, 0.3) is 0 Å². The fourth-order valence-corrected chi connectivity index (χ4v) is 6.93. The number of hydrogen-bond acceptors (Lipinski definition) is 4. The minimum Gasteiger partial charge on any atom is -0.378 e. The van der Waals surface area contributed by atoms with Crippen LogP contribution >= 0.6 is 0 Å². The second-order valence-electron chi connectivity index (χ2n) is 10.8. The third-order valence-electron chi connectivity index (χ3n) is 7.76. The lowest BCUT2D eigenvalue weighted by atomic mass is 9.31. The third-order valence-corrected chi connectivity index (χ3v) is 7.76. The van der Waals surface area contributed by atoms with Crippen LogP contribution < -0.4 is 0 Å². The van der Waals surface area contributed by atoms with Gasteiger partial charge in [0.05, 0.1) is 38.6 Å². The van der Waals surface area contributed by atoms with Gasteiger partial charge in [-0.3, -0.25) is 0 Å². The first-order valence-electron chi connectivity index (χ1n) is 11.8. The van der Waals surface area contributed by atoms with Crippen molar-refractivity contribution in [1.82, 2.24) is 4.90 Å². The van der Waals surface area contributed by atoms with Gasteiger partial charge in [-0.1, -0.05) is 34.6 Å². The molecule has 3 rings (SSSR count). The molecular formula is C24H45NO3. The van der Waals surface area contributed by atoms with Gasteiger partial charge in [-0.2, -0.15) is 0 Å². The van der Waals surface area contributed by atoms with Crippen molar-refractivity contribution in [2.45, 2.75) is 65.9 Å². The van der Waals surface area contributed by atoms with Crippen LogP contribution in [0.25, 0.3) is 0 Å². The van der Waals surface area contributed by atoms with E-state index < -0.39 is 0 Å². The molecule has 164 valence electrons. The summed E-state index contributed by atoms with van der Waals surface area (Å²) in [5.41, 5.74) is 0.740. The molecule has 0 heterocycles. The molecule has 4 nitrogen and oxygen atoms in total. The Bertz CT molecular complexity index is 496. The Kier molecular flexibility index (Phi) is 7.50. The highest BCUT2D eigenvalue weighted by Crippen LogP contribution is 2.75. The van der Waals surface area contributed by atoms with Crippen LogP contribution in [-0.2, 0) is 14.2 Å². The molecule has 0 aromatic rings. The van der Waals surface area contributed by atoms with Gasteiger partial charge in [-0.05, 0) is 67.7 Å². The summed E-state index contributed by atoms with van der Waals surface area (Å²) in [4.78, 5) is 2.33. The highest BCUT2D eigenvalue weighted by molar-refractivity contribution is 5.22. The number of hydrogen-bond donors (Lipinski definition) is 0. The number of ether oxygens (including phenoxy) is 3. The molecule has 0 N–H and O–H groups in total. The minimum atomic E-state index is 0.172. The molecule has 0 radical (unpaired) electrons. The fraction of sp³-hybridized carbons (Fsp3) is 1.00. The van der Waals surface area contributed by atoms with Crippen LogP contribution in [0.3, 0.4) is 0 Å². The van der Waals surface area contributed by atoms with Crippen LogP contribution in [0.1, 0.15) is 60.3 Å². The van der Waals surface area contributed by atoms with E-state index in [4.69, 9.17) is 14.2 Å². The standard InChI is InChI=1S/C24H45NO3/c1-18(2)17-25(6)7-8-26-9-10-27-11-12-28-24-14-20(5)13-23(19(3)4)15-21(16-24)22(23)24/h18-22H,7-17H2,1-6H3. The van der Waals surface area contributed by atoms with Gasteiger partial charge in [0.15, 0.2) is 0 Å². The Hall–Kier alpha value is -0.160. The van der Waals surface area contributed by atoms with Crippen molar-refractivity contribution in [3.05, 3.63) is 0 Å². The minimum absolute atomic E-state index is 0.172. The molecule has 0 aromatic heterocycles. The Morgan fingerprint density at radius 3 is 2.21 bits per heavy atom. The predicted octanol–water partition coefficient (Wildman–Crippen LogP) is 4.47. The number of rotatable bonds is 13. The van der Waals surface area contributed by atoms with E-state index >= 15 is 0 Å². The summed E-state index contributed by atoms with van der Waals surface area (Å²) in [6, 6.07) is 0. The third kappa shape index (κ3) is 4.61. The fourth-order valence-electron chi connectivity index (χ4n) is 6.93. The molecule has 3 aliphatic rings. The van der Waals surface area contributed by atoms with Crippen LogP contribution in [-0.4, -0.2) is 63.7 Å². The molecule has 28 heavy (non-hydrogen) atoms. The van der Waals surface area contributed by atoms with E-state index in [-0.39, 0.29) is 5.60 Å².